The van der Waals surface area contributed by atoms with Gasteiger partial charge >= 0.3 is 0 Å². The van der Waals surface area contributed by atoms with Crippen molar-refractivity contribution in [1.82, 2.24) is 9.97 Å². The maximum atomic E-state index is 11.2. The summed E-state index contributed by atoms with van der Waals surface area (Å²) in [6, 6.07) is 0. The molecule has 0 spiro atoms. The van der Waals surface area contributed by atoms with Gasteiger partial charge in [-0.05, 0) is 36.4 Å². The predicted molar refractivity (Wildman–Crippen MR) is 64.2 cm³/mol. The number of ether oxygens (including phenoxy) is 2. The number of rotatable bonds is 5. The lowest BCUT2D eigenvalue weighted by molar-refractivity contribution is 0.0540. The van der Waals surface area contributed by atoms with Crippen LogP contribution in [0.25, 0.3) is 0 Å². The van der Waals surface area contributed by atoms with Gasteiger partial charge in [0.1, 0.15) is 10.2 Å². The molecular weight excluding hydrogens is 311 g/mol. The van der Waals surface area contributed by atoms with E-state index < -0.39 is 0 Å². The molecule has 0 aliphatic rings. The van der Waals surface area contributed by atoms with Gasteiger partial charge in [0, 0.05) is 0 Å². The van der Waals surface area contributed by atoms with Crippen LogP contribution >= 0.6 is 22.6 Å². The highest BCUT2D eigenvalue weighted by Crippen LogP contribution is 2.11. The van der Waals surface area contributed by atoms with Crippen molar-refractivity contribution in [3.63, 3.8) is 0 Å². The Labute approximate surface area is 101 Å². The van der Waals surface area contributed by atoms with Crippen molar-refractivity contribution >= 4 is 22.6 Å². The van der Waals surface area contributed by atoms with Crippen molar-refractivity contribution in [3.8, 4) is 5.88 Å². The zero-order chi connectivity index (χ0) is 11.3. The smallest absolute Gasteiger partial charge is 0.268 e. The maximum Gasteiger partial charge on any atom is 0.268 e. The average molecular weight is 324 g/mol. The van der Waals surface area contributed by atoms with E-state index in [1.165, 1.54) is 6.33 Å². The van der Waals surface area contributed by atoms with Crippen LogP contribution in [-0.2, 0) is 4.74 Å². The van der Waals surface area contributed by atoms with Gasteiger partial charge in [0.15, 0.2) is 0 Å². The number of H-pyrrole nitrogens is 1. The molecule has 0 saturated heterocycles. The summed E-state index contributed by atoms with van der Waals surface area (Å²) in [4.78, 5) is 17.5. The van der Waals surface area contributed by atoms with Crippen LogP contribution in [0.5, 0.6) is 5.88 Å². The molecule has 1 N–H and O–H groups in total. The third-order valence-corrected chi connectivity index (χ3v) is 2.49. The maximum absolute atomic E-state index is 11.2. The number of aromatic nitrogens is 2. The Morgan fingerprint density at radius 2 is 2.27 bits per heavy atom. The van der Waals surface area contributed by atoms with E-state index in [0.29, 0.717) is 22.7 Å². The Balaban J connectivity index is 2.44. The van der Waals surface area contributed by atoms with Gasteiger partial charge in [0.2, 0.25) is 5.88 Å². The second-order valence-electron chi connectivity index (χ2n) is 3.12. The van der Waals surface area contributed by atoms with Crippen LogP contribution in [0.2, 0.25) is 0 Å². The Morgan fingerprint density at radius 1 is 1.53 bits per heavy atom. The van der Waals surface area contributed by atoms with Gasteiger partial charge < -0.3 is 14.5 Å². The van der Waals surface area contributed by atoms with E-state index in [1.807, 2.05) is 36.4 Å². The van der Waals surface area contributed by atoms with E-state index >= 15 is 0 Å². The van der Waals surface area contributed by atoms with E-state index in [-0.39, 0.29) is 11.7 Å². The molecule has 0 fully saturated rings. The molecule has 0 bridgehead atoms. The van der Waals surface area contributed by atoms with E-state index in [1.54, 1.807) is 0 Å². The van der Waals surface area contributed by atoms with E-state index in [2.05, 4.69) is 9.97 Å². The third-order valence-electron chi connectivity index (χ3n) is 1.54. The third kappa shape index (κ3) is 4.17. The fourth-order valence-corrected chi connectivity index (χ4v) is 1.34. The molecule has 0 radical (unpaired) electrons. The Kier molecular flexibility index (Phi) is 5.03. The molecule has 0 atom stereocenters. The van der Waals surface area contributed by atoms with Crippen molar-refractivity contribution in [2.75, 3.05) is 13.2 Å². The first-order valence-electron chi connectivity index (χ1n) is 4.59. The highest BCUT2D eigenvalue weighted by atomic mass is 127. The number of hydrogen-bond donors (Lipinski definition) is 1. The minimum absolute atomic E-state index is 0.180. The van der Waals surface area contributed by atoms with Crippen molar-refractivity contribution in [2.24, 2.45) is 0 Å². The van der Waals surface area contributed by atoms with Crippen molar-refractivity contribution in [2.45, 2.75) is 20.0 Å². The van der Waals surface area contributed by atoms with Crippen molar-refractivity contribution in [3.05, 3.63) is 20.3 Å². The van der Waals surface area contributed by atoms with Gasteiger partial charge in [-0.2, -0.15) is 0 Å². The minimum Gasteiger partial charge on any atom is -0.474 e. The molecule has 0 unspecified atom stereocenters. The molecule has 0 aromatic carbocycles. The molecular formula is C9H13IN2O3. The second-order valence-corrected chi connectivity index (χ2v) is 4.20. The van der Waals surface area contributed by atoms with Gasteiger partial charge in [-0.1, -0.05) is 0 Å². The summed E-state index contributed by atoms with van der Waals surface area (Å²) in [6.45, 7) is 4.79. The monoisotopic (exact) mass is 324 g/mol. The van der Waals surface area contributed by atoms with E-state index in [9.17, 15) is 4.79 Å². The highest BCUT2D eigenvalue weighted by Gasteiger charge is 2.05. The molecule has 15 heavy (non-hydrogen) atoms. The van der Waals surface area contributed by atoms with Gasteiger partial charge in [-0.25, -0.2) is 4.98 Å². The molecule has 0 saturated carbocycles. The molecule has 1 heterocycles. The normalized spacial score (nSPS) is 10.7. The molecule has 6 heteroatoms. The molecule has 1 rings (SSSR count). The Bertz CT molecular complexity index is 365. The number of nitrogens with zero attached hydrogens (tertiary/aromatic N) is 1. The first kappa shape index (κ1) is 12.4. The lowest BCUT2D eigenvalue weighted by atomic mass is 10.5. The van der Waals surface area contributed by atoms with Crippen LogP contribution in [0.4, 0.5) is 0 Å². The fourth-order valence-electron chi connectivity index (χ4n) is 0.889. The summed E-state index contributed by atoms with van der Waals surface area (Å²) in [5.41, 5.74) is -0.189. The Morgan fingerprint density at radius 3 is 2.93 bits per heavy atom. The summed E-state index contributed by atoms with van der Waals surface area (Å²) in [6.07, 6.45) is 1.50. The largest absolute Gasteiger partial charge is 0.474 e. The molecule has 0 aliphatic carbocycles. The Hall–Kier alpha value is -0.630. The topological polar surface area (TPSA) is 64.2 Å². The predicted octanol–water partition coefficient (Wildman–Crippen LogP) is 1.18. The van der Waals surface area contributed by atoms with Gasteiger partial charge in [0.05, 0.1) is 19.0 Å². The van der Waals surface area contributed by atoms with Gasteiger partial charge in [-0.3, -0.25) is 4.79 Å². The summed E-state index contributed by atoms with van der Waals surface area (Å²) in [5, 5.41) is 0. The quantitative estimate of drug-likeness (QED) is 0.652. The van der Waals surface area contributed by atoms with E-state index in [0.717, 1.165) is 0 Å². The molecule has 0 aliphatic heterocycles. The highest BCUT2D eigenvalue weighted by molar-refractivity contribution is 14.1. The van der Waals surface area contributed by atoms with Crippen LogP contribution in [-0.4, -0.2) is 29.3 Å². The lowest BCUT2D eigenvalue weighted by Gasteiger charge is -2.08. The van der Waals surface area contributed by atoms with Gasteiger partial charge in [-0.15, -0.1) is 0 Å². The zero-order valence-corrected chi connectivity index (χ0v) is 10.8. The first-order chi connectivity index (χ1) is 7.11. The van der Waals surface area contributed by atoms with Gasteiger partial charge in [0.25, 0.3) is 5.56 Å². The summed E-state index contributed by atoms with van der Waals surface area (Å²) < 4.78 is 11.1. The SMILES string of the molecule is CC(C)OCCOc1nc[nH]c(=O)c1I. The van der Waals surface area contributed by atoms with Crippen LogP contribution in [0.15, 0.2) is 11.1 Å². The minimum atomic E-state index is -0.189. The molecule has 1 aromatic rings. The van der Waals surface area contributed by atoms with Crippen molar-refractivity contribution < 1.29 is 9.47 Å². The summed E-state index contributed by atoms with van der Waals surface area (Å²) in [7, 11) is 0. The van der Waals surface area contributed by atoms with Crippen LogP contribution in [0, 0.1) is 3.57 Å². The zero-order valence-electron chi connectivity index (χ0n) is 8.62. The molecule has 0 amide bonds. The summed E-state index contributed by atoms with van der Waals surface area (Å²) >= 11 is 1.90. The van der Waals surface area contributed by atoms with Crippen molar-refractivity contribution in [1.29, 1.82) is 0 Å². The molecule has 5 nitrogen and oxygen atoms in total. The first-order valence-corrected chi connectivity index (χ1v) is 5.66. The average Bonchev–Trinajstić information content (AvgIpc) is 2.18. The van der Waals surface area contributed by atoms with E-state index in [4.69, 9.17) is 9.47 Å². The number of halogens is 1. The lowest BCUT2D eigenvalue weighted by Crippen LogP contribution is -2.16. The van der Waals surface area contributed by atoms with Crippen LogP contribution < -0.4 is 10.3 Å². The number of nitrogens with one attached hydrogen (secondary N) is 1. The number of hydrogen-bond acceptors (Lipinski definition) is 4. The number of aromatic amines is 1. The standard InChI is InChI=1S/C9H13IN2O3/c1-6(2)14-3-4-15-9-7(10)8(13)11-5-12-9/h5-6H,3-4H2,1-2H3,(H,11,12,13). The fraction of sp³-hybridized carbons (Fsp3) is 0.556. The summed E-state index contributed by atoms with van der Waals surface area (Å²) in [5.74, 6) is 0.353. The molecule has 1 aromatic heterocycles. The van der Waals surface area contributed by atoms with Crippen LogP contribution in [0.3, 0.4) is 0 Å². The second kappa shape index (κ2) is 6.06. The van der Waals surface area contributed by atoms with Crippen LogP contribution in [0.1, 0.15) is 13.8 Å². The molecule has 84 valence electrons.